The first-order chi connectivity index (χ1) is 12.2. The van der Waals surface area contributed by atoms with Gasteiger partial charge in [0.05, 0.1) is 25.0 Å². The lowest BCUT2D eigenvalue weighted by molar-refractivity contribution is 0.395. The van der Waals surface area contributed by atoms with Crippen molar-refractivity contribution in [3.63, 3.8) is 0 Å². The lowest BCUT2D eigenvalue weighted by Gasteiger charge is -2.37. The Balaban J connectivity index is 1.55. The van der Waals surface area contributed by atoms with Crippen molar-refractivity contribution < 1.29 is 4.74 Å². The van der Waals surface area contributed by atoms with E-state index >= 15 is 0 Å². The number of rotatable bonds is 3. The number of methoxy groups -OCH3 is 1. The summed E-state index contributed by atoms with van der Waals surface area (Å²) in [5.74, 6) is 1.41. The molecule has 0 saturated carbocycles. The molecule has 1 aliphatic rings. The summed E-state index contributed by atoms with van der Waals surface area (Å²) in [7, 11) is 1.61. The fourth-order valence-corrected chi connectivity index (χ4v) is 3.51. The summed E-state index contributed by atoms with van der Waals surface area (Å²) in [6, 6.07) is 8.30. The highest BCUT2D eigenvalue weighted by Gasteiger charge is 2.20. The maximum Gasteiger partial charge on any atom is 0.233 e. The van der Waals surface area contributed by atoms with Gasteiger partial charge >= 0.3 is 0 Å². The van der Waals surface area contributed by atoms with Crippen LogP contribution in [0.5, 0.6) is 5.88 Å². The summed E-state index contributed by atoms with van der Waals surface area (Å²) < 4.78 is 6.24. The molecule has 7 heteroatoms. The van der Waals surface area contributed by atoms with Crippen LogP contribution in [0.15, 0.2) is 47.3 Å². The molecule has 128 valence electrons. The van der Waals surface area contributed by atoms with Gasteiger partial charge in [0.25, 0.3) is 0 Å². The molecular weight excluding hydrogens is 382 g/mol. The smallest absolute Gasteiger partial charge is 0.233 e. The van der Waals surface area contributed by atoms with Crippen molar-refractivity contribution >= 4 is 38.3 Å². The second kappa shape index (κ2) is 6.84. The number of anilines is 2. The van der Waals surface area contributed by atoms with Crippen molar-refractivity contribution in [1.82, 2.24) is 15.0 Å². The van der Waals surface area contributed by atoms with E-state index in [0.717, 1.165) is 42.0 Å². The zero-order chi connectivity index (χ0) is 17.2. The number of halogens is 1. The van der Waals surface area contributed by atoms with E-state index in [1.165, 1.54) is 11.1 Å². The normalized spacial score (nSPS) is 14.8. The standard InChI is InChI=1S/C18H18BrN5O/c1-25-18-12-20-11-17(22-18)24-8-6-23(7-9-24)16-4-5-21-15-3-2-13(19)10-14(15)16/h2-5,10-12H,6-9H2,1H3. The fraction of sp³-hybridized carbons (Fsp3) is 0.278. The predicted octanol–water partition coefficient (Wildman–Crippen LogP) is 3.12. The molecule has 3 aromatic rings. The third kappa shape index (κ3) is 3.24. The zero-order valence-corrected chi connectivity index (χ0v) is 15.5. The summed E-state index contributed by atoms with van der Waals surface area (Å²) in [4.78, 5) is 17.8. The molecule has 1 saturated heterocycles. The number of pyridine rings is 1. The topological polar surface area (TPSA) is 54.4 Å². The van der Waals surface area contributed by atoms with Gasteiger partial charge in [0, 0.05) is 47.9 Å². The molecule has 1 fully saturated rings. The van der Waals surface area contributed by atoms with E-state index in [1.807, 2.05) is 18.3 Å². The van der Waals surface area contributed by atoms with Crippen LogP contribution in [0, 0.1) is 0 Å². The van der Waals surface area contributed by atoms with Crippen LogP contribution >= 0.6 is 15.9 Å². The largest absolute Gasteiger partial charge is 0.480 e. The molecule has 0 radical (unpaired) electrons. The highest BCUT2D eigenvalue weighted by Crippen LogP contribution is 2.29. The third-order valence-corrected chi connectivity index (χ3v) is 4.93. The first-order valence-electron chi connectivity index (χ1n) is 8.15. The zero-order valence-electron chi connectivity index (χ0n) is 13.9. The summed E-state index contributed by atoms with van der Waals surface area (Å²) in [5.41, 5.74) is 2.24. The summed E-state index contributed by atoms with van der Waals surface area (Å²) in [5, 5.41) is 1.17. The van der Waals surface area contributed by atoms with Gasteiger partial charge in [-0.3, -0.25) is 9.97 Å². The number of nitrogens with zero attached hydrogens (tertiary/aromatic N) is 5. The van der Waals surface area contributed by atoms with Gasteiger partial charge in [-0.05, 0) is 24.3 Å². The molecule has 3 heterocycles. The Labute approximate surface area is 154 Å². The van der Waals surface area contributed by atoms with Crippen LogP contribution in [-0.4, -0.2) is 48.2 Å². The molecule has 6 nitrogen and oxygen atoms in total. The van der Waals surface area contributed by atoms with Gasteiger partial charge in [0.2, 0.25) is 5.88 Å². The quantitative estimate of drug-likeness (QED) is 0.674. The predicted molar refractivity (Wildman–Crippen MR) is 102 cm³/mol. The molecule has 0 amide bonds. The number of piperazine rings is 1. The maximum absolute atomic E-state index is 5.17. The van der Waals surface area contributed by atoms with E-state index in [2.05, 4.69) is 52.8 Å². The maximum atomic E-state index is 5.17. The van der Waals surface area contributed by atoms with Crippen LogP contribution < -0.4 is 14.5 Å². The molecule has 0 bridgehead atoms. The first kappa shape index (κ1) is 16.1. The van der Waals surface area contributed by atoms with Crippen molar-refractivity contribution in [3.8, 4) is 5.88 Å². The van der Waals surface area contributed by atoms with E-state index in [1.54, 1.807) is 19.5 Å². The minimum Gasteiger partial charge on any atom is -0.480 e. The number of benzene rings is 1. The van der Waals surface area contributed by atoms with E-state index in [9.17, 15) is 0 Å². The Morgan fingerprint density at radius 3 is 2.64 bits per heavy atom. The van der Waals surface area contributed by atoms with E-state index in [-0.39, 0.29) is 0 Å². The summed E-state index contributed by atoms with van der Waals surface area (Å²) in [6.07, 6.45) is 5.29. The molecule has 4 rings (SSSR count). The highest BCUT2D eigenvalue weighted by atomic mass is 79.9. The van der Waals surface area contributed by atoms with Crippen LogP contribution in [0.25, 0.3) is 10.9 Å². The Kier molecular flexibility index (Phi) is 4.40. The molecule has 0 unspecified atom stereocenters. The van der Waals surface area contributed by atoms with Crippen LogP contribution in [0.4, 0.5) is 11.5 Å². The Hall–Kier alpha value is -2.41. The van der Waals surface area contributed by atoms with Gasteiger partial charge in [-0.2, -0.15) is 4.98 Å². The minimum atomic E-state index is 0.546. The lowest BCUT2D eigenvalue weighted by atomic mass is 10.1. The molecule has 1 aromatic carbocycles. The molecule has 1 aliphatic heterocycles. The van der Waals surface area contributed by atoms with Gasteiger partial charge in [-0.15, -0.1) is 0 Å². The average Bonchev–Trinajstić information content (AvgIpc) is 2.67. The summed E-state index contributed by atoms with van der Waals surface area (Å²) in [6.45, 7) is 3.62. The molecule has 2 aromatic heterocycles. The van der Waals surface area contributed by atoms with E-state index in [4.69, 9.17) is 4.74 Å². The lowest BCUT2D eigenvalue weighted by Crippen LogP contribution is -2.47. The van der Waals surface area contributed by atoms with Crippen molar-refractivity contribution in [2.24, 2.45) is 0 Å². The van der Waals surface area contributed by atoms with Gasteiger partial charge in [-0.25, -0.2) is 0 Å². The number of ether oxygens (including phenoxy) is 1. The minimum absolute atomic E-state index is 0.546. The van der Waals surface area contributed by atoms with Crippen molar-refractivity contribution in [1.29, 1.82) is 0 Å². The molecule has 25 heavy (non-hydrogen) atoms. The SMILES string of the molecule is COc1cncc(N2CCN(c3ccnc4ccc(Br)cc34)CC2)n1. The second-order valence-corrected chi connectivity index (χ2v) is 6.80. The van der Waals surface area contributed by atoms with Crippen molar-refractivity contribution in [3.05, 3.63) is 47.3 Å². The summed E-state index contributed by atoms with van der Waals surface area (Å²) >= 11 is 3.56. The van der Waals surface area contributed by atoms with Crippen LogP contribution in [0.3, 0.4) is 0 Å². The van der Waals surface area contributed by atoms with Crippen LogP contribution in [0.1, 0.15) is 0 Å². The number of hydrogen-bond acceptors (Lipinski definition) is 6. The fourth-order valence-electron chi connectivity index (χ4n) is 3.15. The van der Waals surface area contributed by atoms with Gasteiger partial charge in [0.15, 0.2) is 5.82 Å². The first-order valence-corrected chi connectivity index (χ1v) is 8.94. The average molecular weight is 400 g/mol. The number of aromatic nitrogens is 3. The Bertz CT molecular complexity index is 896. The van der Waals surface area contributed by atoms with Crippen molar-refractivity contribution in [2.45, 2.75) is 0 Å². The van der Waals surface area contributed by atoms with Crippen LogP contribution in [-0.2, 0) is 0 Å². The Morgan fingerprint density at radius 2 is 1.84 bits per heavy atom. The molecule has 0 atom stereocenters. The number of fused-ring (bicyclic) bond motifs is 1. The molecular formula is C18H18BrN5O. The van der Waals surface area contributed by atoms with E-state index < -0.39 is 0 Å². The van der Waals surface area contributed by atoms with Crippen molar-refractivity contribution in [2.75, 3.05) is 43.1 Å². The second-order valence-electron chi connectivity index (χ2n) is 5.89. The van der Waals surface area contributed by atoms with Gasteiger partial charge in [0.1, 0.15) is 0 Å². The molecule has 0 aliphatic carbocycles. The van der Waals surface area contributed by atoms with E-state index in [0.29, 0.717) is 5.88 Å². The highest BCUT2D eigenvalue weighted by molar-refractivity contribution is 9.10. The van der Waals surface area contributed by atoms with Gasteiger partial charge < -0.3 is 14.5 Å². The molecule has 0 N–H and O–H groups in total. The van der Waals surface area contributed by atoms with Crippen LogP contribution in [0.2, 0.25) is 0 Å². The number of hydrogen-bond donors (Lipinski definition) is 0. The third-order valence-electron chi connectivity index (χ3n) is 4.43. The van der Waals surface area contributed by atoms with Gasteiger partial charge in [-0.1, -0.05) is 15.9 Å². The monoisotopic (exact) mass is 399 g/mol. The Morgan fingerprint density at radius 1 is 1.04 bits per heavy atom. The molecule has 0 spiro atoms.